The number of likely N-dealkylation sites (tertiary alicyclic amines) is 1. The Hall–Kier alpha value is -2.97. The zero-order valence-electron chi connectivity index (χ0n) is 19.4. The minimum absolute atomic E-state index is 0.139. The van der Waals surface area contributed by atoms with E-state index in [1.165, 1.54) is 25.4 Å². The van der Waals surface area contributed by atoms with Gasteiger partial charge in [-0.2, -0.15) is 13.2 Å². The fourth-order valence-electron chi connectivity index (χ4n) is 4.40. The average molecular weight is 539 g/mol. The van der Waals surface area contributed by atoms with Gasteiger partial charge in [-0.15, -0.1) is 0 Å². The number of halogens is 5. The molecule has 0 N–H and O–H groups in total. The Labute approximate surface area is 216 Å². The van der Waals surface area contributed by atoms with E-state index in [0.29, 0.717) is 40.3 Å². The van der Waals surface area contributed by atoms with E-state index in [4.69, 9.17) is 32.7 Å². The van der Waals surface area contributed by atoms with Gasteiger partial charge in [0, 0.05) is 37.2 Å². The second-order valence-electron chi connectivity index (χ2n) is 8.59. The zero-order chi connectivity index (χ0) is 26.0. The molecule has 3 atom stereocenters. The summed E-state index contributed by atoms with van der Waals surface area (Å²) in [5, 5.41) is 0.814. The fourth-order valence-corrected chi connectivity index (χ4v) is 4.71. The van der Waals surface area contributed by atoms with Gasteiger partial charge < -0.3 is 14.4 Å². The van der Waals surface area contributed by atoms with E-state index in [1.807, 2.05) is 13.0 Å². The summed E-state index contributed by atoms with van der Waals surface area (Å²) in [6.07, 6.45) is -3.38. The number of nitrogens with zero attached hydrogens (tertiary/aromatic N) is 2. The Morgan fingerprint density at radius 3 is 2.36 bits per heavy atom. The molecule has 1 aromatic heterocycles. The number of hydrogen-bond donors (Lipinski definition) is 0. The number of amides is 1. The van der Waals surface area contributed by atoms with Gasteiger partial charge in [0.25, 0.3) is 5.91 Å². The molecule has 4 rings (SSSR count). The summed E-state index contributed by atoms with van der Waals surface area (Å²) in [5.41, 5.74) is 0.558. The number of alkyl halides is 3. The van der Waals surface area contributed by atoms with Gasteiger partial charge in [-0.05, 0) is 55.0 Å². The van der Waals surface area contributed by atoms with Crippen molar-refractivity contribution >= 4 is 29.1 Å². The molecule has 0 unspecified atom stereocenters. The van der Waals surface area contributed by atoms with Crippen molar-refractivity contribution < 1.29 is 27.4 Å². The van der Waals surface area contributed by atoms with Crippen LogP contribution in [0.4, 0.5) is 13.2 Å². The summed E-state index contributed by atoms with van der Waals surface area (Å²) in [5.74, 6) is 0.212. The number of pyridine rings is 1. The maximum atomic E-state index is 13.3. The minimum Gasteiger partial charge on any atom is -0.490 e. The molecule has 0 saturated carbocycles. The summed E-state index contributed by atoms with van der Waals surface area (Å²) in [4.78, 5) is 19.1. The molecule has 0 bridgehead atoms. The van der Waals surface area contributed by atoms with E-state index in [1.54, 1.807) is 29.2 Å². The van der Waals surface area contributed by atoms with Crippen LogP contribution in [0.5, 0.6) is 11.6 Å². The summed E-state index contributed by atoms with van der Waals surface area (Å²) in [7, 11) is 1.49. The molecule has 10 heteroatoms. The summed E-state index contributed by atoms with van der Waals surface area (Å²) in [6, 6.07) is 13.2. The molecule has 2 aromatic carbocycles. The molecule has 1 aliphatic heterocycles. The van der Waals surface area contributed by atoms with E-state index in [-0.39, 0.29) is 17.7 Å². The third-order valence-electron chi connectivity index (χ3n) is 6.32. The molecule has 3 aromatic rings. The van der Waals surface area contributed by atoms with Gasteiger partial charge in [0.15, 0.2) is 0 Å². The van der Waals surface area contributed by atoms with E-state index >= 15 is 0 Å². The van der Waals surface area contributed by atoms with Gasteiger partial charge in [-0.3, -0.25) is 4.79 Å². The Bertz CT molecular complexity index is 1220. The Kier molecular flexibility index (Phi) is 7.66. The highest BCUT2D eigenvalue weighted by Crippen LogP contribution is 2.39. The molecule has 1 amide bonds. The monoisotopic (exact) mass is 538 g/mol. The SMILES string of the molecule is COc1ccc(C(=O)N2C[C@@H]([C@@H](C)Oc3ccc(C(F)(F)F)cc3)[C@H](c3ccc(Cl)c(Cl)c3)C2)cn1. The molecule has 5 nitrogen and oxygen atoms in total. The van der Waals surface area contributed by atoms with Crippen LogP contribution in [0.25, 0.3) is 0 Å². The molecule has 0 spiro atoms. The van der Waals surface area contributed by atoms with Crippen LogP contribution < -0.4 is 9.47 Å². The van der Waals surface area contributed by atoms with Crippen molar-refractivity contribution in [1.82, 2.24) is 9.88 Å². The summed E-state index contributed by atoms with van der Waals surface area (Å²) in [6.45, 7) is 2.61. The number of carbonyl (C=O) groups excluding carboxylic acids is 1. The van der Waals surface area contributed by atoms with Gasteiger partial charge in [-0.1, -0.05) is 29.3 Å². The molecular weight excluding hydrogens is 516 g/mol. The molecule has 0 aliphatic carbocycles. The smallest absolute Gasteiger partial charge is 0.416 e. The van der Waals surface area contributed by atoms with Crippen molar-refractivity contribution in [3.05, 3.63) is 87.5 Å². The number of carbonyl (C=O) groups is 1. The van der Waals surface area contributed by atoms with Crippen LogP contribution in [-0.2, 0) is 6.18 Å². The van der Waals surface area contributed by atoms with E-state index in [9.17, 15) is 18.0 Å². The van der Waals surface area contributed by atoms with Crippen molar-refractivity contribution in [2.24, 2.45) is 5.92 Å². The Morgan fingerprint density at radius 1 is 1.06 bits per heavy atom. The largest absolute Gasteiger partial charge is 0.490 e. The standard InChI is InChI=1S/C26H23Cl2F3N2O3/c1-15(36-19-7-5-18(6-8-19)26(29,30)31)20-13-33(25(34)17-4-10-24(35-2)32-12-17)14-21(20)16-3-9-22(27)23(28)11-16/h3-12,15,20-21H,13-14H2,1-2H3/t15-,20+,21+/m1/s1. The number of ether oxygens (including phenoxy) is 2. The molecule has 1 fully saturated rings. The van der Waals surface area contributed by atoms with Crippen LogP contribution in [0.3, 0.4) is 0 Å². The first-order valence-corrected chi connectivity index (χ1v) is 11.9. The molecule has 1 aliphatic rings. The molecular formula is C26H23Cl2F3N2O3. The molecule has 1 saturated heterocycles. The summed E-state index contributed by atoms with van der Waals surface area (Å²) >= 11 is 12.4. The lowest BCUT2D eigenvalue weighted by Crippen LogP contribution is -2.32. The van der Waals surface area contributed by atoms with Crippen LogP contribution in [-0.4, -0.2) is 42.1 Å². The minimum atomic E-state index is -4.42. The lowest BCUT2D eigenvalue weighted by molar-refractivity contribution is -0.137. The van der Waals surface area contributed by atoms with Crippen molar-refractivity contribution in [1.29, 1.82) is 0 Å². The quantitative estimate of drug-likeness (QED) is 0.348. The number of rotatable bonds is 6. The number of hydrogen-bond acceptors (Lipinski definition) is 4. The molecule has 190 valence electrons. The van der Waals surface area contributed by atoms with Crippen molar-refractivity contribution in [3.8, 4) is 11.6 Å². The number of aromatic nitrogens is 1. The highest BCUT2D eigenvalue weighted by molar-refractivity contribution is 6.42. The fraction of sp³-hybridized carbons (Fsp3) is 0.308. The first-order chi connectivity index (χ1) is 17.1. The average Bonchev–Trinajstić information content (AvgIpc) is 3.31. The molecule has 0 radical (unpaired) electrons. The highest BCUT2D eigenvalue weighted by atomic mass is 35.5. The molecule has 36 heavy (non-hydrogen) atoms. The first kappa shape index (κ1) is 26.1. The van der Waals surface area contributed by atoms with Crippen LogP contribution in [0.2, 0.25) is 10.0 Å². The zero-order valence-corrected chi connectivity index (χ0v) is 20.9. The first-order valence-electron chi connectivity index (χ1n) is 11.1. The van der Waals surface area contributed by atoms with Crippen molar-refractivity contribution in [2.45, 2.75) is 25.1 Å². The van der Waals surface area contributed by atoms with Crippen LogP contribution in [0, 0.1) is 5.92 Å². The number of methoxy groups -OCH3 is 1. The summed E-state index contributed by atoms with van der Waals surface area (Å²) < 4.78 is 49.9. The third kappa shape index (κ3) is 5.71. The predicted molar refractivity (Wildman–Crippen MR) is 131 cm³/mol. The lowest BCUT2D eigenvalue weighted by Gasteiger charge is -2.26. The van der Waals surface area contributed by atoms with E-state index in [2.05, 4.69) is 4.98 Å². The van der Waals surface area contributed by atoms with E-state index < -0.39 is 17.8 Å². The van der Waals surface area contributed by atoms with Gasteiger partial charge in [0.2, 0.25) is 5.88 Å². The maximum Gasteiger partial charge on any atom is 0.416 e. The third-order valence-corrected chi connectivity index (χ3v) is 7.06. The second-order valence-corrected chi connectivity index (χ2v) is 9.40. The van der Waals surface area contributed by atoms with Gasteiger partial charge in [0.05, 0.1) is 28.3 Å². The number of benzene rings is 2. The maximum absolute atomic E-state index is 13.3. The van der Waals surface area contributed by atoms with E-state index in [0.717, 1.165) is 17.7 Å². The van der Waals surface area contributed by atoms with Crippen molar-refractivity contribution in [2.75, 3.05) is 20.2 Å². The second kappa shape index (κ2) is 10.6. The highest BCUT2D eigenvalue weighted by Gasteiger charge is 2.40. The van der Waals surface area contributed by atoms with Gasteiger partial charge in [-0.25, -0.2) is 4.98 Å². The normalized spacial score (nSPS) is 18.7. The topological polar surface area (TPSA) is 51.7 Å². The van der Waals surface area contributed by atoms with Gasteiger partial charge >= 0.3 is 6.18 Å². The van der Waals surface area contributed by atoms with Crippen LogP contribution in [0.15, 0.2) is 60.8 Å². The molecule has 2 heterocycles. The Balaban J connectivity index is 1.58. The van der Waals surface area contributed by atoms with Crippen LogP contribution in [0.1, 0.15) is 34.3 Å². The Morgan fingerprint density at radius 2 is 1.78 bits per heavy atom. The predicted octanol–water partition coefficient (Wildman–Crippen LogP) is 6.74. The van der Waals surface area contributed by atoms with Crippen LogP contribution >= 0.6 is 23.2 Å². The lowest BCUT2D eigenvalue weighted by atomic mass is 9.85. The van der Waals surface area contributed by atoms with Gasteiger partial charge in [0.1, 0.15) is 11.9 Å². The van der Waals surface area contributed by atoms with Crippen molar-refractivity contribution in [3.63, 3.8) is 0 Å².